The summed E-state index contributed by atoms with van der Waals surface area (Å²) in [4.78, 5) is 0. The smallest absolute Gasteiger partial charge is 0.119 e. The van der Waals surface area contributed by atoms with Crippen LogP contribution in [-0.4, -0.2) is 43.1 Å². The van der Waals surface area contributed by atoms with Gasteiger partial charge in [0.1, 0.15) is 12.4 Å². The van der Waals surface area contributed by atoms with E-state index in [1.54, 1.807) is 0 Å². The maximum absolute atomic E-state index is 9.74. The Balaban J connectivity index is 2.07. The summed E-state index contributed by atoms with van der Waals surface area (Å²) in [5.41, 5.74) is 0.972. The fraction of sp³-hybridized carbons (Fsp3) is 0.625. The van der Waals surface area contributed by atoms with Crippen molar-refractivity contribution in [3.05, 3.63) is 29.8 Å². The molecule has 0 aliphatic carbocycles. The van der Waals surface area contributed by atoms with Crippen molar-refractivity contribution < 1.29 is 14.6 Å². The van der Waals surface area contributed by atoms with Crippen LogP contribution < -0.4 is 10.1 Å². The van der Waals surface area contributed by atoms with Gasteiger partial charge in [-0.15, -0.1) is 0 Å². The number of aliphatic hydroxyl groups excluding tert-OH is 1. The van der Waals surface area contributed by atoms with Crippen molar-refractivity contribution in [2.24, 2.45) is 0 Å². The molecule has 0 saturated heterocycles. The van der Waals surface area contributed by atoms with Crippen LogP contribution in [0.2, 0.25) is 0 Å². The molecule has 0 amide bonds. The summed E-state index contributed by atoms with van der Waals surface area (Å²) in [6.45, 7) is 10.1. The molecule has 0 bridgehead atoms. The van der Waals surface area contributed by atoms with E-state index in [1.807, 2.05) is 52.0 Å². The van der Waals surface area contributed by atoms with Gasteiger partial charge in [-0.05, 0) is 45.4 Å². The van der Waals surface area contributed by atoms with Gasteiger partial charge in [-0.1, -0.05) is 12.1 Å². The van der Waals surface area contributed by atoms with Gasteiger partial charge in [-0.2, -0.15) is 0 Å². The molecule has 1 rings (SSSR count). The predicted octanol–water partition coefficient (Wildman–Crippen LogP) is 2.14. The van der Waals surface area contributed by atoms with Crippen LogP contribution in [0.3, 0.4) is 0 Å². The fourth-order valence-corrected chi connectivity index (χ4v) is 1.62. The average molecular weight is 281 g/mol. The maximum Gasteiger partial charge on any atom is 0.119 e. The van der Waals surface area contributed by atoms with Crippen LogP contribution in [0.4, 0.5) is 0 Å². The second-order valence-electron chi connectivity index (χ2n) is 5.95. The number of nitrogens with one attached hydrogen (secondary N) is 1. The van der Waals surface area contributed by atoms with Crippen LogP contribution in [0.15, 0.2) is 24.3 Å². The number of benzene rings is 1. The molecule has 0 saturated carbocycles. The Bertz CT molecular complexity index is 388. The summed E-state index contributed by atoms with van der Waals surface area (Å²) in [6.07, 6.45) is -0.492. The zero-order valence-corrected chi connectivity index (χ0v) is 13.0. The van der Waals surface area contributed by atoms with Crippen molar-refractivity contribution in [2.75, 3.05) is 26.3 Å². The molecule has 114 valence electrons. The standard InChI is InChI=1S/C16H27NO3/c1-13-6-5-7-15(10-13)19-9-8-17-11-14(18)12-20-16(2,3)4/h5-7,10,14,17-18H,8-9,11-12H2,1-4H3. The molecule has 1 aromatic carbocycles. The van der Waals surface area contributed by atoms with E-state index < -0.39 is 6.10 Å². The van der Waals surface area contributed by atoms with Crippen LogP contribution in [0.5, 0.6) is 5.75 Å². The minimum atomic E-state index is -0.492. The van der Waals surface area contributed by atoms with Gasteiger partial charge < -0.3 is 19.9 Å². The number of rotatable bonds is 8. The first-order valence-corrected chi connectivity index (χ1v) is 7.09. The fourth-order valence-electron chi connectivity index (χ4n) is 1.62. The molecule has 0 fully saturated rings. The largest absolute Gasteiger partial charge is 0.492 e. The number of hydrogen-bond acceptors (Lipinski definition) is 4. The van der Waals surface area contributed by atoms with Gasteiger partial charge in [-0.3, -0.25) is 0 Å². The predicted molar refractivity (Wildman–Crippen MR) is 81.3 cm³/mol. The average Bonchev–Trinajstić information content (AvgIpc) is 2.35. The molecule has 0 aliphatic heterocycles. The third-order valence-electron chi connectivity index (χ3n) is 2.63. The van der Waals surface area contributed by atoms with Crippen molar-refractivity contribution in [2.45, 2.75) is 39.4 Å². The number of aryl methyl sites for hydroxylation is 1. The monoisotopic (exact) mass is 281 g/mol. The third-order valence-corrected chi connectivity index (χ3v) is 2.63. The van der Waals surface area contributed by atoms with Crippen molar-refractivity contribution >= 4 is 0 Å². The summed E-state index contributed by atoms with van der Waals surface area (Å²) >= 11 is 0. The van der Waals surface area contributed by atoms with Crippen molar-refractivity contribution in [1.29, 1.82) is 0 Å². The zero-order valence-electron chi connectivity index (χ0n) is 13.0. The van der Waals surface area contributed by atoms with Gasteiger partial charge in [0.15, 0.2) is 0 Å². The molecular weight excluding hydrogens is 254 g/mol. The summed E-state index contributed by atoms with van der Waals surface area (Å²) < 4.78 is 11.1. The van der Waals surface area contributed by atoms with Crippen LogP contribution >= 0.6 is 0 Å². The van der Waals surface area contributed by atoms with E-state index in [0.29, 0.717) is 26.3 Å². The van der Waals surface area contributed by atoms with E-state index in [1.165, 1.54) is 5.56 Å². The lowest BCUT2D eigenvalue weighted by Gasteiger charge is -2.22. The topological polar surface area (TPSA) is 50.7 Å². The summed E-state index contributed by atoms with van der Waals surface area (Å²) in [7, 11) is 0. The van der Waals surface area contributed by atoms with Crippen LogP contribution in [0, 0.1) is 6.92 Å². The molecular formula is C16H27NO3. The number of hydrogen-bond donors (Lipinski definition) is 2. The molecule has 4 nitrogen and oxygen atoms in total. The molecule has 1 aromatic rings. The van der Waals surface area contributed by atoms with Crippen molar-refractivity contribution in [3.63, 3.8) is 0 Å². The van der Waals surface area contributed by atoms with Crippen LogP contribution in [0.1, 0.15) is 26.3 Å². The number of aliphatic hydroxyl groups is 1. The molecule has 20 heavy (non-hydrogen) atoms. The van der Waals surface area contributed by atoms with Gasteiger partial charge in [-0.25, -0.2) is 0 Å². The molecule has 4 heteroatoms. The Morgan fingerprint density at radius 3 is 2.70 bits per heavy atom. The Hall–Kier alpha value is -1.10. The highest BCUT2D eigenvalue weighted by Crippen LogP contribution is 2.11. The molecule has 0 radical (unpaired) electrons. The highest BCUT2D eigenvalue weighted by atomic mass is 16.5. The molecule has 1 unspecified atom stereocenters. The van der Waals surface area contributed by atoms with Gasteiger partial charge in [0.2, 0.25) is 0 Å². The van der Waals surface area contributed by atoms with Gasteiger partial charge in [0.25, 0.3) is 0 Å². The lowest BCUT2D eigenvalue weighted by molar-refractivity contribution is -0.0479. The quantitative estimate of drug-likeness (QED) is 0.717. The minimum absolute atomic E-state index is 0.213. The van der Waals surface area contributed by atoms with Crippen molar-refractivity contribution in [3.8, 4) is 5.75 Å². The Morgan fingerprint density at radius 2 is 2.05 bits per heavy atom. The summed E-state index contributed by atoms with van der Waals surface area (Å²) in [6, 6.07) is 7.97. The summed E-state index contributed by atoms with van der Waals surface area (Å²) in [5, 5.41) is 12.9. The van der Waals surface area contributed by atoms with Crippen LogP contribution in [-0.2, 0) is 4.74 Å². The minimum Gasteiger partial charge on any atom is -0.492 e. The molecule has 2 N–H and O–H groups in total. The van der Waals surface area contributed by atoms with E-state index in [0.717, 1.165) is 5.75 Å². The summed E-state index contributed by atoms with van der Waals surface area (Å²) in [5.74, 6) is 0.878. The first-order chi connectivity index (χ1) is 9.37. The Labute approximate surface area is 122 Å². The Morgan fingerprint density at radius 1 is 1.30 bits per heavy atom. The highest BCUT2D eigenvalue weighted by molar-refractivity contribution is 5.27. The molecule has 1 atom stereocenters. The highest BCUT2D eigenvalue weighted by Gasteiger charge is 2.13. The van der Waals surface area contributed by atoms with Crippen LogP contribution in [0.25, 0.3) is 0 Å². The normalized spacial score (nSPS) is 13.2. The SMILES string of the molecule is Cc1cccc(OCCNCC(O)COC(C)(C)C)c1. The second-order valence-corrected chi connectivity index (χ2v) is 5.95. The molecule has 0 aliphatic rings. The van der Waals surface area contributed by atoms with Gasteiger partial charge in [0.05, 0.1) is 18.3 Å². The second kappa shape index (κ2) is 8.25. The van der Waals surface area contributed by atoms with Crippen molar-refractivity contribution in [1.82, 2.24) is 5.32 Å². The number of ether oxygens (including phenoxy) is 2. The van der Waals surface area contributed by atoms with E-state index in [-0.39, 0.29) is 5.60 Å². The first-order valence-electron chi connectivity index (χ1n) is 7.09. The lowest BCUT2D eigenvalue weighted by atomic mass is 10.2. The third kappa shape index (κ3) is 8.15. The molecule has 0 heterocycles. The zero-order chi connectivity index (χ0) is 15.0. The maximum atomic E-state index is 9.74. The van der Waals surface area contributed by atoms with Gasteiger partial charge in [0, 0.05) is 13.1 Å². The van der Waals surface area contributed by atoms with E-state index in [2.05, 4.69) is 5.32 Å². The van der Waals surface area contributed by atoms with E-state index in [9.17, 15) is 5.11 Å². The van der Waals surface area contributed by atoms with E-state index >= 15 is 0 Å². The Kier molecular flexibility index (Phi) is 6.99. The first kappa shape index (κ1) is 17.0. The van der Waals surface area contributed by atoms with E-state index in [4.69, 9.17) is 9.47 Å². The molecule has 0 spiro atoms. The van der Waals surface area contributed by atoms with Gasteiger partial charge >= 0.3 is 0 Å². The molecule has 0 aromatic heterocycles. The lowest BCUT2D eigenvalue weighted by Crippen LogP contribution is -2.35.